The van der Waals surface area contributed by atoms with Crippen LogP contribution < -0.4 is 0 Å². The topological polar surface area (TPSA) is 0 Å². The lowest BCUT2D eigenvalue weighted by Gasteiger charge is -2.11. The molecule has 1 aromatic carbocycles. The summed E-state index contributed by atoms with van der Waals surface area (Å²) in [6, 6.07) is 4.48. The summed E-state index contributed by atoms with van der Waals surface area (Å²) in [6.45, 7) is 10.8. The zero-order valence-electron chi connectivity index (χ0n) is 8.65. The highest BCUT2D eigenvalue weighted by Crippen LogP contribution is 2.38. The molecule has 1 aliphatic rings. The van der Waals surface area contributed by atoms with E-state index in [9.17, 15) is 0 Å². The molecule has 0 heteroatoms. The molecule has 0 heterocycles. The van der Waals surface area contributed by atoms with Gasteiger partial charge in [0.2, 0.25) is 0 Å². The summed E-state index contributed by atoms with van der Waals surface area (Å²) in [5, 5.41) is 0. The normalized spacial score (nSPS) is 20.5. The first-order valence-corrected chi connectivity index (χ1v) is 4.88. The van der Waals surface area contributed by atoms with Gasteiger partial charge in [0.25, 0.3) is 0 Å². The van der Waals surface area contributed by atoms with Crippen molar-refractivity contribution in [3.8, 4) is 0 Å². The van der Waals surface area contributed by atoms with Gasteiger partial charge in [0.15, 0.2) is 0 Å². The second-order valence-electron chi connectivity index (χ2n) is 4.14. The molecule has 0 N–H and O–H groups in total. The molecule has 0 fully saturated rings. The fourth-order valence-corrected chi connectivity index (χ4v) is 2.25. The van der Waals surface area contributed by atoms with Gasteiger partial charge in [-0.25, -0.2) is 0 Å². The van der Waals surface area contributed by atoms with E-state index in [1.165, 1.54) is 27.8 Å². The van der Waals surface area contributed by atoms with Gasteiger partial charge in [0.05, 0.1) is 0 Å². The van der Waals surface area contributed by atoms with E-state index in [2.05, 4.69) is 39.5 Å². The predicted molar refractivity (Wildman–Crippen MR) is 57.2 cm³/mol. The molecule has 0 radical (unpaired) electrons. The van der Waals surface area contributed by atoms with Crippen molar-refractivity contribution in [2.75, 3.05) is 0 Å². The van der Waals surface area contributed by atoms with Crippen LogP contribution in [0.1, 0.15) is 35.1 Å². The second-order valence-corrected chi connectivity index (χ2v) is 4.14. The van der Waals surface area contributed by atoms with Crippen LogP contribution in [0.2, 0.25) is 0 Å². The van der Waals surface area contributed by atoms with E-state index in [0.717, 1.165) is 6.42 Å². The molecule has 0 saturated heterocycles. The molecule has 0 bridgehead atoms. The second kappa shape index (κ2) is 2.73. The van der Waals surface area contributed by atoms with Crippen LogP contribution in [-0.4, -0.2) is 0 Å². The molecule has 1 aliphatic carbocycles. The van der Waals surface area contributed by atoms with Gasteiger partial charge in [0, 0.05) is 5.92 Å². The summed E-state index contributed by atoms with van der Waals surface area (Å²) in [5.74, 6) is 0.565. The highest BCUT2D eigenvalue weighted by molar-refractivity contribution is 5.50. The number of benzene rings is 1. The molecule has 0 spiro atoms. The van der Waals surface area contributed by atoms with Crippen molar-refractivity contribution in [3.05, 3.63) is 46.5 Å². The molecule has 13 heavy (non-hydrogen) atoms. The van der Waals surface area contributed by atoms with E-state index < -0.39 is 0 Å². The van der Waals surface area contributed by atoms with E-state index >= 15 is 0 Å². The monoisotopic (exact) mass is 172 g/mol. The molecule has 1 aromatic rings. The minimum absolute atomic E-state index is 0.565. The lowest BCUT2D eigenvalue weighted by atomic mass is 9.94. The van der Waals surface area contributed by atoms with Gasteiger partial charge < -0.3 is 0 Å². The first-order valence-electron chi connectivity index (χ1n) is 4.88. The fourth-order valence-electron chi connectivity index (χ4n) is 2.25. The molecule has 2 rings (SSSR count). The van der Waals surface area contributed by atoms with E-state index in [-0.39, 0.29) is 0 Å². The largest absolute Gasteiger partial charge is 0.0989 e. The smallest absolute Gasteiger partial charge is 0.00260 e. The number of rotatable bonds is 0. The van der Waals surface area contributed by atoms with Crippen molar-refractivity contribution >= 4 is 0 Å². The van der Waals surface area contributed by atoms with E-state index in [1.807, 2.05) is 0 Å². The Balaban J connectivity index is 2.66. The SMILES string of the molecule is C=C1Cc2ccc(C)c(C)c2C1C. The zero-order chi connectivity index (χ0) is 9.59. The van der Waals surface area contributed by atoms with Crippen molar-refractivity contribution in [1.82, 2.24) is 0 Å². The van der Waals surface area contributed by atoms with Crippen molar-refractivity contribution < 1.29 is 0 Å². The Hall–Kier alpha value is -1.04. The Morgan fingerprint density at radius 2 is 2.00 bits per heavy atom. The molecule has 0 saturated carbocycles. The van der Waals surface area contributed by atoms with Gasteiger partial charge in [-0.15, -0.1) is 0 Å². The number of aryl methyl sites for hydroxylation is 1. The predicted octanol–water partition coefficient (Wildman–Crippen LogP) is 3.52. The van der Waals surface area contributed by atoms with Crippen LogP contribution in [-0.2, 0) is 6.42 Å². The maximum absolute atomic E-state index is 4.12. The maximum atomic E-state index is 4.12. The van der Waals surface area contributed by atoms with E-state index in [4.69, 9.17) is 0 Å². The third-order valence-corrected chi connectivity index (χ3v) is 3.34. The zero-order valence-corrected chi connectivity index (χ0v) is 8.65. The molecule has 68 valence electrons. The number of fused-ring (bicyclic) bond motifs is 1. The van der Waals surface area contributed by atoms with Crippen LogP contribution in [0.25, 0.3) is 0 Å². The average Bonchev–Trinajstić information content (AvgIpc) is 2.37. The molecule has 1 unspecified atom stereocenters. The number of allylic oxidation sites excluding steroid dienone is 1. The Morgan fingerprint density at radius 3 is 2.69 bits per heavy atom. The molecule has 1 atom stereocenters. The lowest BCUT2D eigenvalue weighted by Crippen LogP contribution is -1.94. The fraction of sp³-hybridized carbons (Fsp3) is 0.385. The molecular weight excluding hydrogens is 156 g/mol. The molecule has 0 aromatic heterocycles. The Kier molecular flexibility index (Phi) is 1.80. The summed E-state index contributed by atoms with van der Waals surface area (Å²) in [5.41, 5.74) is 7.25. The first-order chi connectivity index (χ1) is 6.11. The van der Waals surface area contributed by atoms with Gasteiger partial charge in [-0.05, 0) is 42.5 Å². The summed E-state index contributed by atoms with van der Waals surface area (Å²) < 4.78 is 0. The third kappa shape index (κ3) is 1.13. The number of hydrogen-bond acceptors (Lipinski definition) is 0. The summed E-state index contributed by atoms with van der Waals surface area (Å²) >= 11 is 0. The average molecular weight is 172 g/mol. The van der Waals surface area contributed by atoms with E-state index in [1.54, 1.807) is 0 Å². The summed E-state index contributed by atoms with van der Waals surface area (Å²) in [6.07, 6.45) is 1.08. The highest BCUT2D eigenvalue weighted by Gasteiger charge is 2.23. The first kappa shape index (κ1) is 8.55. The van der Waals surface area contributed by atoms with Gasteiger partial charge in [-0.1, -0.05) is 31.2 Å². The van der Waals surface area contributed by atoms with Crippen LogP contribution in [0.15, 0.2) is 24.3 Å². The van der Waals surface area contributed by atoms with Crippen LogP contribution in [0.4, 0.5) is 0 Å². The Labute approximate surface area is 80.3 Å². The lowest BCUT2D eigenvalue weighted by molar-refractivity contribution is 0.920. The summed E-state index contributed by atoms with van der Waals surface area (Å²) in [7, 11) is 0. The third-order valence-electron chi connectivity index (χ3n) is 3.34. The van der Waals surface area contributed by atoms with Crippen molar-refractivity contribution in [2.45, 2.75) is 33.1 Å². The highest BCUT2D eigenvalue weighted by atomic mass is 14.3. The van der Waals surface area contributed by atoms with Crippen LogP contribution >= 0.6 is 0 Å². The molecule has 0 aliphatic heterocycles. The standard InChI is InChI=1S/C13H16/c1-8-5-6-12-7-9(2)11(4)13(12)10(8)3/h5-6,11H,2,7H2,1,3-4H3. The van der Waals surface area contributed by atoms with Crippen LogP contribution in [0.5, 0.6) is 0 Å². The molecule has 0 amide bonds. The van der Waals surface area contributed by atoms with Gasteiger partial charge in [-0.2, -0.15) is 0 Å². The minimum Gasteiger partial charge on any atom is -0.0989 e. The molecular formula is C13H16. The quantitative estimate of drug-likeness (QED) is 0.525. The number of hydrogen-bond donors (Lipinski definition) is 0. The van der Waals surface area contributed by atoms with E-state index in [0.29, 0.717) is 5.92 Å². The van der Waals surface area contributed by atoms with Crippen molar-refractivity contribution in [3.63, 3.8) is 0 Å². The Bertz CT molecular complexity index is 372. The molecule has 0 nitrogen and oxygen atoms in total. The van der Waals surface area contributed by atoms with Crippen molar-refractivity contribution in [1.29, 1.82) is 0 Å². The maximum Gasteiger partial charge on any atom is 0.00260 e. The van der Waals surface area contributed by atoms with Crippen LogP contribution in [0.3, 0.4) is 0 Å². The minimum atomic E-state index is 0.565. The van der Waals surface area contributed by atoms with Gasteiger partial charge in [0.1, 0.15) is 0 Å². The van der Waals surface area contributed by atoms with Gasteiger partial charge in [-0.3, -0.25) is 0 Å². The van der Waals surface area contributed by atoms with Gasteiger partial charge >= 0.3 is 0 Å². The summed E-state index contributed by atoms with van der Waals surface area (Å²) in [4.78, 5) is 0. The Morgan fingerprint density at radius 1 is 1.31 bits per heavy atom. The van der Waals surface area contributed by atoms with Crippen LogP contribution in [0, 0.1) is 13.8 Å². The van der Waals surface area contributed by atoms with Crippen molar-refractivity contribution in [2.24, 2.45) is 0 Å².